The van der Waals surface area contributed by atoms with Crippen LogP contribution in [-0.2, 0) is 28.9 Å². The number of hydrogen-bond acceptors (Lipinski definition) is 4. The molecular formula is C18H19NO3S2. The van der Waals surface area contributed by atoms with Crippen molar-refractivity contribution in [1.29, 1.82) is 0 Å². The van der Waals surface area contributed by atoms with Gasteiger partial charge in [0.2, 0.25) is 10.0 Å². The minimum Gasteiger partial charge on any atom is -0.468 e. The number of hydrogen-bond donors (Lipinski definition) is 0. The Balaban J connectivity index is 1.84. The Bertz CT molecular complexity index is 833. The third-order valence-electron chi connectivity index (χ3n) is 3.68. The van der Waals surface area contributed by atoms with Crippen LogP contribution in [0.3, 0.4) is 0 Å². The molecule has 3 aromatic rings. The Morgan fingerprint density at radius 2 is 1.96 bits per heavy atom. The highest BCUT2D eigenvalue weighted by molar-refractivity contribution is 7.88. The lowest BCUT2D eigenvalue weighted by Crippen LogP contribution is -2.31. The van der Waals surface area contributed by atoms with Gasteiger partial charge in [-0.3, -0.25) is 0 Å². The van der Waals surface area contributed by atoms with Gasteiger partial charge in [-0.15, -0.1) is 0 Å². The number of furan rings is 1. The van der Waals surface area contributed by atoms with E-state index in [9.17, 15) is 8.42 Å². The third-order valence-corrected chi connectivity index (χ3v) is 6.15. The second-order valence-corrected chi connectivity index (χ2v) is 8.47. The zero-order valence-corrected chi connectivity index (χ0v) is 15.0. The maximum Gasteiger partial charge on any atom is 0.219 e. The molecule has 1 aromatic carbocycles. The zero-order valence-electron chi connectivity index (χ0n) is 13.4. The molecule has 0 bridgehead atoms. The van der Waals surface area contributed by atoms with Gasteiger partial charge in [0.15, 0.2) is 0 Å². The van der Waals surface area contributed by atoms with E-state index in [1.807, 2.05) is 48.0 Å². The van der Waals surface area contributed by atoms with Gasteiger partial charge in [-0.25, -0.2) is 8.42 Å². The Hall–Kier alpha value is -1.89. The predicted molar refractivity (Wildman–Crippen MR) is 96.1 cm³/mol. The van der Waals surface area contributed by atoms with Crippen molar-refractivity contribution in [2.24, 2.45) is 0 Å². The Labute approximate surface area is 146 Å². The largest absolute Gasteiger partial charge is 0.468 e. The molecule has 0 amide bonds. The summed E-state index contributed by atoms with van der Waals surface area (Å²) in [5.74, 6) is 0.623. The van der Waals surface area contributed by atoms with Crippen LogP contribution in [0.2, 0.25) is 0 Å². The molecule has 2 aromatic heterocycles. The lowest BCUT2D eigenvalue weighted by Gasteiger charge is -2.21. The minimum absolute atomic E-state index is 0.0144. The van der Waals surface area contributed by atoms with Crippen molar-refractivity contribution in [3.05, 3.63) is 81.9 Å². The van der Waals surface area contributed by atoms with Crippen LogP contribution in [0.1, 0.15) is 22.5 Å². The summed E-state index contributed by atoms with van der Waals surface area (Å²) >= 11 is 1.56. The van der Waals surface area contributed by atoms with Crippen LogP contribution in [0.4, 0.5) is 0 Å². The molecule has 2 heterocycles. The number of thiophene rings is 1. The summed E-state index contributed by atoms with van der Waals surface area (Å²) in [4.78, 5) is 0. The lowest BCUT2D eigenvalue weighted by atomic mass is 10.2. The molecule has 0 saturated carbocycles. The molecule has 0 saturated heterocycles. The van der Waals surface area contributed by atoms with Gasteiger partial charge in [0.05, 0.1) is 18.6 Å². The molecule has 126 valence electrons. The van der Waals surface area contributed by atoms with Gasteiger partial charge in [0, 0.05) is 6.54 Å². The molecule has 0 N–H and O–H groups in total. The molecule has 0 aliphatic heterocycles. The van der Waals surface area contributed by atoms with Gasteiger partial charge in [-0.1, -0.05) is 29.8 Å². The highest BCUT2D eigenvalue weighted by Gasteiger charge is 2.24. The highest BCUT2D eigenvalue weighted by Crippen LogP contribution is 2.20. The lowest BCUT2D eigenvalue weighted by molar-refractivity contribution is 0.358. The smallest absolute Gasteiger partial charge is 0.219 e. The van der Waals surface area contributed by atoms with E-state index in [0.29, 0.717) is 12.3 Å². The summed E-state index contributed by atoms with van der Waals surface area (Å²) in [6.07, 6.45) is 1.56. The van der Waals surface area contributed by atoms with Crippen LogP contribution in [0.25, 0.3) is 0 Å². The molecule has 0 spiro atoms. The van der Waals surface area contributed by atoms with Crippen LogP contribution in [0.5, 0.6) is 0 Å². The summed E-state index contributed by atoms with van der Waals surface area (Å²) in [6, 6.07) is 13.1. The van der Waals surface area contributed by atoms with Crippen LogP contribution < -0.4 is 0 Å². The van der Waals surface area contributed by atoms with Crippen molar-refractivity contribution in [1.82, 2.24) is 4.31 Å². The van der Waals surface area contributed by atoms with Crippen molar-refractivity contribution in [2.45, 2.75) is 25.8 Å². The van der Waals surface area contributed by atoms with Crippen molar-refractivity contribution < 1.29 is 12.8 Å². The summed E-state index contributed by atoms with van der Waals surface area (Å²) in [7, 11) is -3.47. The molecule has 0 radical (unpaired) electrons. The minimum atomic E-state index is -3.47. The second kappa shape index (κ2) is 7.34. The Morgan fingerprint density at radius 3 is 2.62 bits per heavy atom. The molecule has 24 heavy (non-hydrogen) atoms. The first-order valence-electron chi connectivity index (χ1n) is 7.60. The van der Waals surface area contributed by atoms with E-state index in [2.05, 4.69) is 0 Å². The average molecular weight is 361 g/mol. The molecule has 6 heteroatoms. The van der Waals surface area contributed by atoms with E-state index >= 15 is 0 Å². The van der Waals surface area contributed by atoms with E-state index in [-0.39, 0.29) is 12.3 Å². The maximum absolute atomic E-state index is 13.0. The van der Waals surface area contributed by atoms with E-state index < -0.39 is 10.0 Å². The van der Waals surface area contributed by atoms with Gasteiger partial charge in [-0.2, -0.15) is 15.6 Å². The Morgan fingerprint density at radius 1 is 1.08 bits per heavy atom. The fourth-order valence-corrected chi connectivity index (χ4v) is 4.63. The molecular weight excluding hydrogens is 342 g/mol. The molecule has 3 rings (SSSR count). The van der Waals surface area contributed by atoms with Gasteiger partial charge < -0.3 is 4.42 Å². The van der Waals surface area contributed by atoms with Crippen molar-refractivity contribution in [3.63, 3.8) is 0 Å². The molecule has 0 atom stereocenters. The molecule has 0 fully saturated rings. The molecule has 0 unspecified atom stereocenters. The van der Waals surface area contributed by atoms with Gasteiger partial charge >= 0.3 is 0 Å². The van der Waals surface area contributed by atoms with E-state index in [1.165, 1.54) is 4.31 Å². The quantitative estimate of drug-likeness (QED) is 0.634. The number of rotatable bonds is 7. The summed E-state index contributed by atoms with van der Waals surface area (Å²) in [5, 5.41) is 3.92. The fraction of sp³-hybridized carbons (Fsp3) is 0.222. The first-order chi connectivity index (χ1) is 11.5. The second-order valence-electron chi connectivity index (χ2n) is 5.72. The summed E-state index contributed by atoms with van der Waals surface area (Å²) < 4.78 is 32.7. The maximum atomic E-state index is 13.0. The summed E-state index contributed by atoms with van der Waals surface area (Å²) in [5.41, 5.74) is 2.84. The molecule has 0 aliphatic rings. The van der Waals surface area contributed by atoms with Crippen LogP contribution in [0.15, 0.2) is 63.9 Å². The first-order valence-corrected chi connectivity index (χ1v) is 10.1. The van der Waals surface area contributed by atoms with Gasteiger partial charge in [-0.05, 0) is 47.0 Å². The number of sulfonamides is 1. The van der Waals surface area contributed by atoms with Crippen molar-refractivity contribution >= 4 is 21.4 Å². The third kappa shape index (κ3) is 4.35. The van der Waals surface area contributed by atoms with E-state index in [1.54, 1.807) is 29.7 Å². The highest BCUT2D eigenvalue weighted by atomic mass is 32.2. The van der Waals surface area contributed by atoms with E-state index in [4.69, 9.17) is 4.42 Å². The monoisotopic (exact) mass is 361 g/mol. The SMILES string of the molecule is Cc1cccc(CS(=O)(=O)N(Cc2ccsc2)Cc2ccco2)c1. The van der Waals surface area contributed by atoms with Crippen LogP contribution in [-0.4, -0.2) is 12.7 Å². The number of benzene rings is 1. The molecule has 4 nitrogen and oxygen atoms in total. The van der Waals surface area contributed by atoms with Crippen LogP contribution in [0, 0.1) is 6.92 Å². The fourth-order valence-electron chi connectivity index (χ4n) is 2.52. The van der Waals surface area contributed by atoms with Crippen LogP contribution >= 0.6 is 11.3 Å². The first kappa shape index (κ1) is 17.0. The summed E-state index contributed by atoms with van der Waals surface area (Å²) in [6.45, 7) is 2.54. The van der Waals surface area contributed by atoms with E-state index in [0.717, 1.165) is 16.7 Å². The Kier molecular flexibility index (Phi) is 5.18. The normalized spacial score (nSPS) is 11.9. The van der Waals surface area contributed by atoms with Gasteiger partial charge in [0.25, 0.3) is 0 Å². The topological polar surface area (TPSA) is 50.5 Å². The van der Waals surface area contributed by atoms with Crippen molar-refractivity contribution in [2.75, 3.05) is 0 Å². The van der Waals surface area contributed by atoms with Crippen molar-refractivity contribution in [3.8, 4) is 0 Å². The average Bonchev–Trinajstić information content (AvgIpc) is 3.19. The zero-order chi connectivity index (χ0) is 17.0. The predicted octanol–water partition coefficient (Wildman–Crippen LogP) is 4.18. The number of aryl methyl sites for hydroxylation is 1. The van der Waals surface area contributed by atoms with Gasteiger partial charge in [0.1, 0.15) is 5.76 Å². The standard InChI is InChI=1S/C18H19NO3S2/c1-15-4-2-5-16(10-15)14-24(20,21)19(11-17-7-9-23-13-17)12-18-6-3-8-22-18/h2-10,13H,11-12,14H2,1H3. The number of nitrogens with zero attached hydrogens (tertiary/aromatic N) is 1. The molecule has 0 aliphatic carbocycles.